The first-order valence-electron chi connectivity index (χ1n) is 3.88. The SMILES string of the molecule is CN(C)C(C(=O)O)C1=CCC=C1. The van der Waals surface area contributed by atoms with Gasteiger partial charge in [-0.25, -0.2) is 0 Å². The number of hydrogen-bond donors (Lipinski definition) is 1. The first-order chi connectivity index (χ1) is 5.63. The molecule has 1 rings (SSSR count). The van der Waals surface area contributed by atoms with Crippen molar-refractivity contribution >= 4 is 5.97 Å². The summed E-state index contributed by atoms with van der Waals surface area (Å²) in [6.45, 7) is 0. The highest BCUT2D eigenvalue weighted by molar-refractivity contribution is 5.78. The zero-order chi connectivity index (χ0) is 9.14. The maximum absolute atomic E-state index is 10.8. The molecule has 1 aliphatic carbocycles. The van der Waals surface area contributed by atoms with Crippen LogP contribution in [-0.2, 0) is 4.79 Å². The summed E-state index contributed by atoms with van der Waals surface area (Å²) in [5.41, 5.74) is 0.882. The van der Waals surface area contributed by atoms with Gasteiger partial charge in [0.15, 0.2) is 0 Å². The van der Waals surface area contributed by atoms with E-state index in [0.29, 0.717) is 0 Å². The summed E-state index contributed by atoms with van der Waals surface area (Å²) in [4.78, 5) is 12.5. The maximum atomic E-state index is 10.8. The zero-order valence-corrected chi connectivity index (χ0v) is 7.32. The van der Waals surface area contributed by atoms with Crippen molar-refractivity contribution in [2.24, 2.45) is 0 Å². The normalized spacial score (nSPS) is 18.1. The average molecular weight is 167 g/mol. The number of rotatable bonds is 3. The van der Waals surface area contributed by atoms with E-state index in [1.54, 1.807) is 19.0 Å². The number of carboxylic acids is 1. The highest BCUT2D eigenvalue weighted by atomic mass is 16.4. The van der Waals surface area contributed by atoms with E-state index < -0.39 is 12.0 Å². The molecule has 0 fully saturated rings. The van der Waals surface area contributed by atoms with Gasteiger partial charge in [-0.3, -0.25) is 9.69 Å². The van der Waals surface area contributed by atoms with Crippen molar-refractivity contribution in [3.05, 3.63) is 23.8 Å². The Bertz CT molecular complexity index is 241. The van der Waals surface area contributed by atoms with Crippen molar-refractivity contribution < 1.29 is 9.90 Å². The molecule has 1 N–H and O–H groups in total. The van der Waals surface area contributed by atoms with Crippen LogP contribution in [0.25, 0.3) is 0 Å². The molecule has 0 heterocycles. The number of allylic oxidation sites excluding steroid dienone is 2. The van der Waals surface area contributed by atoms with E-state index >= 15 is 0 Å². The number of carboxylic acid groups (broad SMARTS) is 1. The summed E-state index contributed by atoms with van der Waals surface area (Å²) in [6.07, 6.45) is 6.64. The molecular weight excluding hydrogens is 154 g/mol. The second-order valence-corrected chi connectivity index (χ2v) is 3.05. The molecule has 0 aromatic rings. The Morgan fingerprint density at radius 1 is 1.67 bits per heavy atom. The summed E-state index contributed by atoms with van der Waals surface area (Å²) >= 11 is 0. The van der Waals surface area contributed by atoms with Gasteiger partial charge in [0.2, 0.25) is 0 Å². The lowest BCUT2D eigenvalue weighted by Crippen LogP contribution is -2.36. The van der Waals surface area contributed by atoms with Crippen LogP contribution in [0.1, 0.15) is 6.42 Å². The maximum Gasteiger partial charge on any atom is 0.325 e. The highest BCUT2D eigenvalue weighted by Crippen LogP contribution is 2.16. The highest BCUT2D eigenvalue weighted by Gasteiger charge is 2.23. The standard InChI is InChI=1S/C9H13NO2/c1-10(2)8(9(11)12)7-5-3-4-6-7/h3,5-6,8H,4H2,1-2H3,(H,11,12). The molecule has 12 heavy (non-hydrogen) atoms. The van der Waals surface area contributed by atoms with Crippen molar-refractivity contribution in [3.8, 4) is 0 Å². The topological polar surface area (TPSA) is 40.5 Å². The molecule has 0 amide bonds. The molecule has 1 unspecified atom stereocenters. The fourth-order valence-corrected chi connectivity index (χ4v) is 1.34. The Labute approximate surface area is 72.0 Å². The lowest BCUT2D eigenvalue weighted by atomic mass is 10.1. The van der Waals surface area contributed by atoms with Crippen molar-refractivity contribution in [3.63, 3.8) is 0 Å². The van der Waals surface area contributed by atoms with Crippen molar-refractivity contribution in [1.29, 1.82) is 0 Å². The minimum absolute atomic E-state index is 0.497. The molecule has 0 radical (unpaired) electrons. The lowest BCUT2D eigenvalue weighted by molar-refractivity contribution is -0.140. The van der Waals surface area contributed by atoms with Crippen LogP contribution in [0.4, 0.5) is 0 Å². The second kappa shape index (κ2) is 3.54. The molecule has 0 aromatic heterocycles. The molecule has 0 spiro atoms. The van der Waals surface area contributed by atoms with Gasteiger partial charge >= 0.3 is 5.97 Å². The van der Waals surface area contributed by atoms with Crippen LogP contribution in [0.5, 0.6) is 0 Å². The summed E-state index contributed by atoms with van der Waals surface area (Å²) < 4.78 is 0. The Morgan fingerprint density at radius 3 is 2.67 bits per heavy atom. The van der Waals surface area contributed by atoms with Crippen LogP contribution < -0.4 is 0 Å². The van der Waals surface area contributed by atoms with Gasteiger partial charge < -0.3 is 5.11 Å². The number of hydrogen-bond acceptors (Lipinski definition) is 2. The minimum Gasteiger partial charge on any atom is -0.480 e. The van der Waals surface area contributed by atoms with E-state index in [9.17, 15) is 4.79 Å². The quantitative estimate of drug-likeness (QED) is 0.678. The molecule has 0 bridgehead atoms. The van der Waals surface area contributed by atoms with Gasteiger partial charge in [0.1, 0.15) is 6.04 Å². The van der Waals surface area contributed by atoms with Crippen LogP contribution in [0.2, 0.25) is 0 Å². The van der Waals surface area contributed by atoms with E-state index in [-0.39, 0.29) is 0 Å². The number of nitrogens with zero attached hydrogens (tertiary/aromatic N) is 1. The van der Waals surface area contributed by atoms with Crippen molar-refractivity contribution in [1.82, 2.24) is 4.90 Å². The predicted octanol–water partition coefficient (Wildman–Crippen LogP) is 0.887. The van der Waals surface area contributed by atoms with E-state index in [1.807, 2.05) is 18.2 Å². The van der Waals surface area contributed by atoms with Crippen LogP contribution >= 0.6 is 0 Å². The minimum atomic E-state index is -0.794. The first-order valence-corrected chi connectivity index (χ1v) is 3.88. The molecule has 3 heteroatoms. The molecule has 3 nitrogen and oxygen atoms in total. The smallest absolute Gasteiger partial charge is 0.325 e. The van der Waals surface area contributed by atoms with Gasteiger partial charge in [-0.1, -0.05) is 18.2 Å². The van der Waals surface area contributed by atoms with Gasteiger partial charge in [0.05, 0.1) is 0 Å². The second-order valence-electron chi connectivity index (χ2n) is 3.05. The summed E-state index contributed by atoms with van der Waals surface area (Å²) in [6, 6.07) is -0.497. The Balaban J connectivity index is 2.79. The van der Waals surface area contributed by atoms with E-state index in [1.165, 1.54) is 0 Å². The first kappa shape index (κ1) is 9.00. The van der Waals surface area contributed by atoms with Gasteiger partial charge in [-0.2, -0.15) is 0 Å². The number of aliphatic carboxylic acids is 1. The molecule has 1 aliphatic rings. The fraction of sp³-hybridized carbons (Fsp3) is 0.444. The molecular formula is C9H13NO2. The summed E-state index contributed by atoms with van der Waals surface area (Å²) in [7, 11) is 3.54. The van der Waals surface area contributed by atoms with Crippen LogP contribution in [0, 0.1) is 0 Å². The van der Waals surface area contributed by atoms with Crippen LogP contribution in [-0.4, -0.2) is 36.1 Å². The molecule has 66 valence electrons. The monoisotopic (exact) mass is 167 g/mol. The summed E-state index contributed by atoms with van der Waals surface area (Å²) in [5.74, 6) is -0.794. The van der Waals surface area contributed by atoms with Crippen LogP contribution in [0.3, 0.4) is 0 Å². The van der Waals surface area contributed by atoms with Gasteiger partial charge in [0.25, 0.3) is 0 Å². The van der Waals surface area contributed by atoms with E-state index in [4.69, 9.17) is 5.11 Å². The predicted molar refractivity (Wildman–Crippen MR) is 47.0 cm³/mol. The number of likely N-dealkylation sites (N-methyl/N-ethyl adjacent to an activating group) is 1. The van der Waals surface area contributed by atoms with Gasteiger partial charge in [0, 0.05) is 0 Å². The average Bonchev–Trinajstić information content (AvgIpc) is 2.37. The van der Waals surface area contributed by atoms with Gasteiger partial charge in [-0.05, 0) is 26.1 Å². The lowest BCUT2D eigenvalue weighted by Gasteiger charge is -2.19. The Kier molecular flexibility index (Phi) is 2.65. The third kappa shape index (κ3) is 1.74. The molecule has 0 saturated carbocycles. The van der Waals surface area contributed by atoms with Crippen molar-refractivity contribution in [2.75, 3.05) is 14.1 Å². The molecule has 0 aromatic carbocycles. The van der Waals surface area contributed by atoms with Crippen LogP contribution in [0.15, 0.2) is 23.8 Å². The molecule has 0 saturated heterocycles. The fourth-order valence-electron chi connectivity index (χ4n) is 1.34. The third-order valence-corrected chi connectivity index (χ3v) is 1.87. The largest absolute Gasteiger partial charge is 0.480 e. The van der Waals surface area contributed by atoms with E-state index in [2.05, 4.69) is 0 Å². The summed E-state index contributed by atoms with van der Waals surface area (Å²) in [5, 5.41) is 8.89. The Morgan fingerprint density at radius 2 is 2.33 bits per heavy atom. The van der Waals surface area contributed by atoms with Gasteiger partial charge in [-0.15, -0.1) is 0 Å². The van der Waals surface area contributed by atoms with Crippen molar-refractivity contribution in [2.45, 2.75) is 12.5 Å². The third-order valence-electron chi connectivity index (χ3n) is 1.87. The zero-order valence-electron chi connectivity index (χ0n) is 7.32. The molecule has 1 atom stereocenters. The van der Waals surface area contributed by atoms with E-state index in [0.717, 1.165) is 12.0 Å². The Hall–Kier alpha value is -1.09. The molecule has 0 aliphatic heterocycles. The number of carbonyl (C=O) groups is 1.